The normalized spacial score (nSPS) is 18.8. The predicted octanol–water partition coefficient (Wildman–Crippen LogP) is 1.77. The van der Waals surface area contributed by atoms with Gasteiger partial charge in [-0.05, 0) is 53.9 Å². The number of carbonyl (C=O) groups is 1. The smallest absolute Gasteiger partial charge is 0.264 e. The number of nitrogens with one attached hydrogen (secondary N) is 1. The van der Waals surface area contributed by atoms with Gasteiger partial charge in [0, 0.05) is 31.0 Å². The van der Waals surface area contributed by atoms with Crippen LogP contribution in [0.3, 0.4) is 0 Å². The van der Waals surface area contributed by atoms with E-state index in [4.69, 9.17) is 4.74 Å². The van der Waals surface area contributed by atoms with Crippen LogP contribution in [0.25, 0.3) is 0 Å². The molecule has 0 bridgehead atoms. The largest absolute Gasteiger partial charge is 0.378 e. The Kier molecular flexibility index (Phi) is 4.06. The number of sulfonamides is 1. The molecular weight excluding hydrogens is 378 g/mol. The fourth-order valence-electron chi connectivity index (χ4n) is 4.12. The minimum atomic E-state index is -3.67. The number of fused-ring (bicyclic) bond motifs is 2. The molecule has 3 aliphatic rings. The van der Waals surface area contributed by atoms with Gasteiger partial charge >= 0.3 is 0 Å². The number of nitrogens with zero attached hydrogens (tertiary/aromatic N) is 2. The zero-order valence-electron chi connectivity index (χ0n) is 15.3. The summed E-state index contributed by atoms with van der Waals surface area (Å²) < 4.78 is 33.4. The molecule has 2 aromatic carbocycles. The quantitative estimate of drug-likeness (QED) is 0.851. The number of hydrogen-bond donors (Lipinski definition) is 1. The van der Waals surface area contributed by atoms with Crippen molar-refractivity contribution >= 4 is 33.0 Å². The van der Waals surface area contributed by atoms with Crippen LogP contribution in [0, 0.1) is 0 Å². The van der Waals surface area contributed by atoms with Gasteiger partial charge in [0.1, 0.15) is 0 Å². The molecule has 1 N–H and O–H groups in total. The van der Waals surface area contributed by atoms with Crippen molar-refractivity contribution in [2.75, 3.05) is 47.4 Å². The maximum atomic E-state index is 13.3. The minimum absolute atomic E-state index is 0.105. The number of anilines is 3. The molecule has 5 rings (SSSR count). The standard InChI is InChI=1S/C20H21N3O4S/c24-20-13-15-12-17(2-3-18(15)21-20)28(25,26)23-6-5-14-11-16(1-4-19(14)23)22-7-9-27-10-8-22/h1-4,11-12H,5-10,13H2,(H,21,24). The average molecular weight is 399 g/mol. The summed E-state index contributed by atoms with van der Waals surface area (Å²) in [6.07, 6.45) is 0.913. The van der Waals surface area contributed by atoms with Crippen molar-refractivity contribution in [2.24, 2.45) is 0 Å². The van der Waals surface area contributed by atoms with Crippen molar-refractivity contribution in [3.05, 3.63) is 47.5 Å². The lowest BCUT2D eigenvalue weighted by Gasteiger charge is -2.29. The van der Waals surface area contributed by atoms with Gasteiger partial charge in [-0.15, -0.1) is 0 Å². The Balaban J connectivity index is 1.45. The van der Waals surface area contributed by atoms with Crippen molar-refractivity contribution in [1.82, 2.24) is 0 Å². The van der Waals surface area contributed by atoms with E-state index in [1.807, 2.05) is 12.1 Å². The fraction of sp³-hybridized carbons (Fsp3) is 0.350. The van der Waals surface area contributed by atoms with Crippen molar-refractivity contribution in [2.45, 2.75) is 17.7 Å². The summed E-state index contributed by atoms with van der Waals surface area (Å²) in [5.41, 5.74) is 4.33. The maximum Gasteiger partial charge on any atom is 0.264 e. The third-order valence-corrected chi connectivity index (χ3v) is 7.39. The molecule has 0 atom stereocenters. The number of rotatable bonds is 3. The van der Waals surface area contributed by atoms with Gasteiger partial charge in [-0.3, -0.25) is 9.10 Å². The molecule has 1 saturated heterocycles. The molecule has 7 nitrogen and oxygen atoms in total. The fourth-order valence-corrected chi connectivity index (χ4v) is 5.67. The van der Waals surface area contributed by atoms with Crippen LogP contribution in [0.5, 0.6) is 0 Å². The van der Waals surface area contributed by atoms with Gasteiger partial charge in [0.15, 0.2) is 0 Å². The van der Waals surface area contributed by atoms with E-state index >= 15 is 0 Å². The first-order valence-electron chi connectivity index (χ1n) is 9.43. The molecule has 0 aliphatic carbocycles. The first kappa shape index (κ1) is 17.5. The molecule has 8 heteroatoms. The maximum absolute atomic E-state index is 13.3. The van der Waals surface area contributed by atoms with Gasteiger partial charge in [-0.25, -0.2) is 8.42 Å². The Bertz CT molecular complexity index is 1060. The third-order valence-electron chi connectivity index (χ3n) is 5.58. The van der Waals surface area contributed by atoms with E-state index in [2.05, 4.69) is 16.3 Å². The molecule has 1 fully saturated rings. The van der Waals surface area contributed by atoms with E-state index < -0.39 is 10.0 Å². The number of morpholine rings is 1. The summed E-state index contributed by atoms with van der Waals surface area (Å²) in [4.78, 5) is 14.1. The molecule has 28 heavy (non-hydrogen) atoms. The average Bonchev–Trinajstić information content (AvgIpc) is 3.30. The first-order valence-corrected chi connectivity index (χ1v) is 10.9. The summed E-state index contributed by atoms with van der Waals surface area (Å²) >= 11 is 0. The number of benzene rings is 2. The molecule has 0 aromatic heterocycles. The second-order valence-corrected chi connectivity index (χ2v) is 9.15. The van der Waals surface area contributed by atoms with Gasteiger partial charge in [-0.2, -0.15) is 0 Å². The molecule has 0 radical (unpaired) electrons. The van der Waals surface area contributed by atoms with Gasteiger partial charge < -0.3 is 15.0 Å². The van der Waals surface area contributed by atoms with Crippen molar-refractivity contribution < 1.29 is 17.9 Å². The SMILES string of the molecule is O=C1Cc2cc(S(=O)(=O)N3CCc4cc(N5CCOCC5)ccc43)ccc2N1. The summed E-state index contributed by atoms with van der Waals surface area (Å²) in [5, 5.41) is 2.74. The van der Waals surface area contributed by atoms with Gasteiger partial charge in [0.25, 0.3) is 10.0 Å². The van der Waals surface area contributed by atoms with Gasteiger partial charge in [0.05, 0.1) is 30.2 Å². The predicted molar refractivity (Wildman–Crippen MR) is 106 cm³/mol. The second-order valence-electron chi connectivity index (χ2n) is 7.28. The molecule has 2 aromatic rings. The van der Waals surface area contributed by atoms with Gasteiger partial charge in [0.2, 0.25) is 5.91 Å². The summed E-state index contributed by atoms with van der Waals surface area (Å²) in [5.74, 6) is -0.105. The second kappa shape index (κ2) is 6.49. The van der Waals surface area contributed by atoms with E-state index in [9.17, 15) is 13.2 Å². The lowest BCUT2D eigenvalue weighted by molar-refractivity contribution is -0.115. The Labute approximate surface area is 163 Å². The minimum Gasteiger partial charge on any atom is -0.378 e. The number of amides is 1. The Morgan fingerprint density at radius 3 is 2.61 bits per heavy atom. The van der Waals surface area contributed by atoms with Crippen molar-refractivity contribution in [1.29, 1.82) is 0 Å². The lowest BCUT2D eigenvalue weighted by Crippen LogP contribution is -2.36. The van der Waals surface area contributed by atoms with Crippen molar-refractivity contribution in [3.8, 4) is 0 Å². The van der Waals surface area contributed by atoms with Crippen LogP contribution in [0.1, 0.15) is 11.1 Å². The van der Waals surface area contributed by atoms with Crippen LogP contribution >= 0.6 is 0 Å². The number of hydrogen-bond acceptors (Lipinski definition) is 5. The monoisotopic (exact) mass is 399 g/mol. The molecule has 1 amide bonds. The van der Waals surface area contributed by atoms with E-state index in [1.165, 1.54) is 4.31 Å². The zero-order chi connectivity index (χ0) is 19.3. The Morgan fingerprint density at radius 1 is 0.964 bits per heavy atom. The van der Waals surface area contributed by atoms with Crippen LogP contribution in [0.4, 0.5) is 17.1 Å². The van der Waals surface area contributed by atoms with E-state index in [1.54, 1.807) is 18.2 Å². The molecule has 146 valence electrons. The summed E-state index contributed by atoms with van der Waals surface area (Å²) in [6, 6.07) is 10.8. The van der Waals surface area contributed by atoms with Crippen LogP contribution < -0.4 is 14.5 Å². The summed E-state index contributed by atoms with van der Waals surface area (Å²) in [6.45, 7) is 3.56. The Morgan fingerprint density at radius 2 is 1.79 bits per heavy atom. The molecule has 3 heterocycles. The molecule has 0 saturated carbocycles. The molecule has 0 unspecified atom stereocenters. The van der Waals surface area contributed by atoms with Crippen LogP contribution in [-0.2, 0) is 32.4 Å². The van der Waals surface area contributed by atoms with Crippen LogP contribution in [-0.4, -0.2) is 47.2 Å². The van der Waals surface area contributed by atoms with Crippen LogP contribution in [0.2, 0.25) is 0 Å². The topological polar surface area (TPSA) is 79.0 Å². The van der Waals surface area contributed by atoms with Gasteiger partial charge in [-0.1, -0.05) is 0 Å². The Hall–Kier alpha value is -2.58. The molecule has 3 aliphatic heterocycles. The van der Waals surface area contributed by atoms with Crippen molar-refractivity contribution in [3.63, 3.8) is 0 Å². The molecular formula is C20H21N3O4S. The van der Waals surface area contributed by atoms with Crippen LogP contribution in [0.15, 0.2) is 41.3 Å². The summed E-state index contributed by atoms with van der Waals surface area (Å²) in [7, 11) is -3.67. The highest BCUT2D eigenvalue weighted by atomic mass is 32.2. The first-order chi connectivity index (χ1) is 13.5. The number of ether oxygens (including phenoxy) is 1. The molecule has 0 spiro atoms. The highest BCUT2D eigenvalue weighted by molar-refractivity contribution is 7.92. The third kappa shape index (κ3) is 2.84. The number of carbonyl (C=O) groups excluding carboxylic acids is 1. The van der Waals surface area contributed by atoms with E-state index in [0.717, 1.165) is 35.6 Å². The lowest BCUT2D eigenvalue weighted by atomic mass is 10.1. The highest BCUT2D eigenvalue weighted by Gasteiger charge is 2.32. The van der Waals surface area contributed by atoms with E-state index in [0.29, 0.717) is 31.9 Å². The van der Waals surface area contributed by atoms with E-state index in [-0.39, 0.29) is 17.2 Å². The zero-order valence-corrected chi connectivity index (χ0v) is 16.2. The highest BCUT2D eigenvalue weighted by Crippen LogP contribution is 2.36.